The van der Waals surface area contributed by atoms with Gasteiger partial charge in [-0.05, 0) is 0 Å². The first-order valence-electron chi connectivity index (χ1n) is 1.84. The minimum atomic E-state index is -0.428. The summed E-state index contributed by atoms with van der Waals surface area (Å²) >= 11 is 0. The van der Waals surface area contributed by atoms with Crippen molar-refractivity contribution in [2.45, 2.75) is 6.42 Å². The molecule has 1 radical (unpaired) electrons. The van der Waals surface area contributed by atoms with Crippen LogP contribution < -0.4 is 0 Å². The summed E-state index contributed by atoms with van der Waals surface area (Å²) in [6.45, 7) is 0.756. The second kappa shape index (κ2) is 3.61. The van der Waals surface area contributed by atoms with Crippen LogP contribution in [0.3, 0.4) is 0 Å². The summed E-state index contributed by atoms with van der Waals surface area (Å²) in [6.07, 6.45) is -0.0312. The van der Waals surface area contributed by atoms with E-state index < -0.39 is 5.97 Å². The first-order chi connectivity index (χ1) is 3.31. The van der Waals surface area contributed by atoms with Gasteiger partial charge in [0.1, 0.15) is 0 Å². The van der Waals surface area contributed by atoms with E-state index in [1.165, 1.54) is 7.11 Å². The third-order valence-electron chi connectivity index (χ3n) is 0.486. The maximum atomic E-state index is 10.00. The van der Waals surface area contributed by atoms with Crippen LogP contribution in [0.1, 0.15) is 6.42 Å². The topological polar surface area (TPSA) is 46.5 Å². The fourth-order valence-corrected chi connectivity index (χ4v) is 0.158. The summed E-state index contributed by atoms with van der Waals surface area (Å²) in [7, 11) is 1.27. The summed E-state index contributed by atoms with van der Waals surface area (Å²) in [5.74, 6) is -0.428. The van der Waals surface area contributed by atoms with Gasteiger partial charge in [-0.25, -0.2) is 0 Å². The number of esters is 1. The monoisotopic (exact) mass is 103 g/mol. The van der Waals surface area contributed by atoms with E-state index in [2.05, 4.69) is 4.74 Å². The first-order valence-corrected chi connectivity index (χ1v) is 1.84. The van der Waals surface area contributed by atoms with Crippen LogP contribution in [0.2, 0.25) is 0 Å². The summed E-state index contributed by atoms with van der Waals surface area (Å²) in [5.41, 5.74) is 0. The molecule has 0 saturated carbocycles. The third kappa shape index (κ3) is 3.26. The molecule has 0 aromatic carbocycles. The minimum absolute atomic E-state index is 0.0312. The van der Waals surface area contributed by atoms with Gasteiger partial charge in [0.05, 0.1) is 20.1 Å². The number of hydrogen-bond donors (Lipinski definition) is 1. The van der Waals surface area contributed by atoms with Crippen LogP contribution >= 0.6 is 0 Å². The number of ether oxygens (including phenoxy) is 1. The summed E-state index contributed by atoms with van der Waals surface area (Å²) < 4.78 is 4.16. The highest BCUT2D eigenvalue weighted by atomic mass is 16.5. The van der Waals surface area contributed by atoms with E-state index in [0.29, 0.717) is 0 Å². The van der Waals surface area contributed by atoms with Crippen molar-refractivity contribution in [2.75, 3.05) is 7.11 Å². The Hall–Kier alpha value is -0.570. The van der Waals surface area contributed by atoms with Crippen molar-refractivity contribution in [2.24, 2.45) is 0 Å². The third-order valence-corrected chi connectivity index (χ3v) is 0.486. The molecule has 0 amide bonds. The van der Waals surface area contributed by atoms with E-state index in [0.717, 1.165) is 6.61 Å². The van der Waals surface area contributed by atoms with Crippen LogP contribution in [0.5, 0.6) is 0 Å². The molecular weight excluding hydrogens is 96.0 g/mol. The average molecular weight is 103 g/mol. The van der Waals surface area contributed by atoms with Gasteiger partial charge in [0, 0.05) is 0 Å². The second-order valence-corrected chi connectivity index (χ2v) is 0.963. The van der Waals surface area contributed by atoms with E-state index in [9.17, 15) is 4.79 Å². The molecule has 0 bridgehead atoms. The molecule has 1 N–H and O–H groups in total. The summed E-state index contributed by atoms with van der Waals surface area (Å²) in [6, 6.07) is 0. The van der Waals surface area contributed by atoms with Gasteiger partial charge in [0.15, 0.2) is 0 Å². The highest BCUT2D eigenvalue weighted by molar-refractivity contribution is 5.69. The molecule has 0 aromatic rings. The Balaban J connectivity index is 3.00. The van der Waals surface area contributed by atoms with Gasteiger partial charge in [0.2, 0.25) is 0 Å². The quantitative estimate of drug-likeness (QED) is 0.503. The molecule has 0 aromatic heterocycles. The number of methoxy groups -OCH3 is 1. The fraction of sp³-hybridized carbons (Fsp3) is 0.500. The predicted molar refractivity (Wildman–Crippen MR) is 22.9 cm³/mol. The molecule has 0 aliphatic carbocycles. The molecule has 41 valence electrons. The van der Waals surface area contributed by atoms with Crippen LogP contribution in [0.25, 0.3) is 0 Å². The lowest BCUT2D eigenvalue weighted by atomic mass is 10.5. The van der Waals surface area contributed by atoms with Gasteiger partial charge >= 0.3 is 5.97 Å². The zero-order valence-electron chi connectivity index (χ0n) is 4.05. The van der Waals surface area contributed by atoms with Crippen molar-refractivity contribution >= 4 is 5.97 Å². The van der Waals surface area contributed by atoms with E-state index in [1.807, 2.05) is 0 Å². The van der Waals surface area contributed by atoms with Crippen molar-refractivity contribution in [3.8, 4) is 0 Å². The SMILES string of the molecule is COC(=O)C[CH]O. The number of hydrogen-bond acceptors (Lipinski definition) is 3. The Labute approximate surface area is 41.9 Å². The molecule has 0 spiro atoms. The molecule has 3 nitrogen and oxygen atoms in total. The normalized spacial score (nSPS) is 8.29. The van der Waals surface area contributed by atoms with Gasteiger partial charge in [-0.3, -0.25) is 4.79 Å². The number of carbonyl (C=O) groups is 1. The lowest BCUT2D eigenvalue weighted by Gasteiger charge is -1.90. The second-order valence-electron chi connectivity index (χ2n) is 0.963. The molecule has 3 heteroatoms. The molecule has 0 fully saturated rings. The molecular formula is C4H7O3. The van der Waals surface area contributed by atoms with Crippen LogP contribution in [0.4, 0.5) is 0 Å². The molecule has 0 aliphatic heterocycles. The van der Waals surface area contributed by atoms with Crippen molar-refractivity contribution in [1.82, 2.24) is 0 Å². The van der Waals surface area contributed by atoms with Crippen molar-refractivity contribution < 1.29 is 14.6 Å². The lowest BCUT2D eigenvalue weighted by molar-refractivity contribution is -0.140. The van der Waals surface area contributed by atoms with Gasteiger partial charge in [-0.2, -0.15) is 0 Å². The molecule has 0 heterocycles. The van der Waals surface area contributed by atoms with Crippen molar-refractivity contribution in [3.05, 3.63) is 6.61 Å². The Morgan fingerprint density at radius 3 is 2.71 bits per heavy atom. The molecule has 0 aliphatic rings. The average Bonchev–Trinajstić information content (AvgIpc) is 1.68. The van der Waals surface area contributed by atoms with Gasteiger partial charge in [-0.1, -0.05) is 0 Å². The van der Waals surface area contributed by atoms with Crippen molar-refractivity contribution in [3.63, 3.8) is 0 Å². The number of aliphatic hydroxyl groups excluding tert-OH is 1. The Morgan fingerprint density at radius 2 is 2.57 bits per heavy atom. The largest absolute Gasteiger partial charge is 0.469 e. The summed E-state index contributed by atoms with van der Waals surface area (Å²) in [4.78, 5) is 10.00. The van der Waals surface area contributed by atoms with Crippen LogP contribution in [0.15, 0.2) is 0 Å². The highest BCUT2D eigenvalue weighted by Crippen LogP contribution is 1.82. The Kier molecular flexibility index (Phi) is 3.32. The molecule has 0 rings (SSSR count). The van der Waals surface area contributed by atoms with Gasteiger partial charge in [0.25, 0.3) is 0 Å². The van der Waals surface area contributed by atoms with Gasteiger partial charge < -0.3 is 9.84 Å². The van der Waals surface area contributed by atoms with E-state index in [1.54, 1.807) is 0 Å². The number of rotatable bonds is 2. The van der Waals surface area contributed by atoms with Crippen LogP contribution in [-0.4, -0.2) is 18.2 Å². The molecule has 0 unspecified atom stereocenters. The molecule has 0 saturated heterocycles. The standard InChI is InChI=1S/C4H7O3/c1-7-4(6)2-3-5/h3,5H,2H2,1H3. The van der Waals surface area contributed by atoms with E-state index in [4.69, 9.17) is 5.11 Å². The van der Waals surface area contributed by atoms with Crippen molar-refractivity contribution in [1.29, 1.82) is 0 Å². The van der Waals surface area contributed by atoms with E-state index >= 15 is 0 Å². The van der Waals surface area contributed by atoms with Crippen LogP contribution in [0, 0.1) is 6.61 Å². The zero-order valence-corrected chi connectivity index (χ0v) is 4.05. The number of aliphatic hydroxyl groups is 1. The zero-order chi connectivity index (χ0) is 5.70. The smallest absolute Gasteiger partial charge is 0.308 e. The predicted octanol–water partition coefficient (Wildman–Crippen LogP) is 0.0838. The summed E-state index contributed by atoms with van der Waals surface area (Å²) in [5, 5.41) is 7.94. The van der Waals surface area contributed by atoms with E-state index in [-0.39, 0.29) is 6.42 Å². The highest BCUT2D eigenvalue weighted by Gasteiger charge is 1.94. The maximum absolute atomic E-state index is 10.00. The fourth-order valence-electron chi connectivity index (χ4n) is 0.158. The molecule has 7 heavy (non-hydrogen) atoms. The Morgan fingerprint density at radius 1 is 2.00 bits per heavy atom. The van der Waals surface area contributed by atoms with Gasteiger partial charge in [-0.15, -0.1) is 0 Å². The van der Waals surface area contributed by atoms with Crippen LogP contribution in [-0.2, 0) is 9.53 Å². The lowest BCUT2D eigenvalue weighted by Crippen LogP contribution is -1.98. The first kappa shape index (κ1) is 6.43. The number of carbonyl (C=O) groups excluding carboxylic acids is 1. The molecule has 0 atom stereocenters. The minimum Gasteiger partial charge on any atom is -0.469 e. The maximum Gasteiger partial charge on any atom is 0.308 e. The Bertz CT molecular complexity index is 60.0.